The third-order valence-corrected chi connectivity index (χ3v) is 7.32. The number of benzene rings is 2. The lowest BCUT2D eigenvalue weighted by molar-refractivity contribution is -0.138. The van der Waals surface area contributed by atoms with Crippen LogP contribution >= 0.6 is 50.9 Å². The molecule has 1 aliphatic heterocycles. The summed E-state index contributed by atoms with van der Waals surface area (Å²) in [6.07, 6.45) is 2.49. The first-order chi connectivity index (χ1) is 17.7. The van der Waals surface area contributed by atoms with Crippen molar-refractivity contribution in [3.05, 3.63) is 72.2 Å². The molecule has 2 aromatic rings. The summed E-state index contributed by atoms with van der Waals surface area (Å²) in [6, 6.07) is 8.59. The van der Waals surface area contributed by atoms with Crippen LogP contribution in [0.25, 0.3) is 6.08 Å². The molecule has 7 nitrogen and oxygen atoms in total. The highest BCUT2D eigenvalue weighted by Gasteiger charge is 2.34. The molecule has 3 rings (SSSR count). The zero-order valence-electron chi connectivity index (χ0n) is 20.3. The zero-order chi connectivity index (χ0) is 27.1. The Labute approximate surface area is 237 Å². The third kappa shape index (κ3) is 7.31. The van der Waals surface area contributed by atoms with Gasteiger partial charge >= 0.3 is 5.97 Å². The second kappa shape index (κ2) is 13.4. The van der Waals surface area contributed by atoms with Crippen molar-refractivity contribution < 1.29 is 28.9 Å². The topological polar surface area (TPSA) is 94.4 Å². The fourth-order valence-electron chi connectivity index (χ4n) is 3.24. The number of aliphatic hydroxyl groups excluding tert-OH is 1. The van der Waals surface area contributed by atoms with Gasteiger partial charge in [-0.1, -0.05) is 63.9 Å². The van der Waals surface area contributed by atoms with Crippen LogP contribution in [-0.2, 0) is 20.9 Å². The molecule has 0 saturated heterocycles. The first-order valence-electron chi connectivity index (χ1n) is 11.2. The average Bonchev–Trinajstić information content (AvgIpc) is 3.14. The molecular formula is C26H24BrCl2NO6S. The van der Waals surface area contributed by atoms with Crippen molar-refractivity contribution in [3.63, 3.8) is 0 Å². The molecule has 0 radical (unpaired) electrons. The Bertz CT molecular complexity index is 1310. The number of aliphatic hydroxyl groups is 1. The molecule has 196 valence electrons. The smallest absolute Gasteiger partial charge is 0.344 e. The Hall–Kier alpha value is -2.46. The third-order valence-electron chi connectivity index (χ3n) is 5.03. The molecule has 0 atom stereocenters. The monoisotopic (exact) mass is 627 g/mol. The van der Waals surface area contributed by atoms with E-state index >= 15 is 0 Å². The number of methoxy groups -OCH3 is 1. The molecule has 0 spiro atoms. The number of aliphatic imine (C=N–C) groups is 1. The lowest BCUT2D eigenvalue weighted by Gasteiger charge is -2.14. The standard InChI is InChI=1S/C26H24BrCl2NO6S/c1-4-6-22(31)30-25-23(26(33)35-5-2)24(32)21(37-25)10-15-9-19(34-3)20(12-17(15)27)36-13-14-7-8-16(28)11-18(14)29/h7-12,32H,4-6,13H2,1-3H3/b21-10-,30-25?. The van der Waals surface area contributed by atoms with Crippen LogP contribution in [0.3, 0.4) is 0 Å². The van der Waals surface area contributed by atoms with E-state index in [2.05, 4.69) is 20.9 Å². The van der Waals surface area contributed by atoms with E-state index in [1.54, 1.807) is 43.3 Å². The Balaban J connectivity index is 1.94. The summed E-state index contributed by atoms with van der Waals surface area (Å²) in [5, 5.41) is 12.0. The van der Waals surface area contributed by atoms with Gasteiger partial charge in [0, 0.05) is 26.5 Å². The van der Waals surface area contributed by atoms with Gasteiger partial charge in [0.15, 0.2) is 11.5 Å². The highest BCUT2D eigenvalue weighted by atomic mass is 79.9. The normalized spacial score (nSPS) is 15.4. The van der Waals surface area contributed by atoms with Crippen LogP contribution in [0.5, 0.6) is 11.5 Å². The maximum absolute atomic E-state index is 12.5. The molecule has 0 aliphatic carbocycles. The minimum Gasteiger partial charge on any atom is -0.506 e. The molecule has 1 N–H and O–H groups in total. The molecule has 1 amide bonds. The van der Waals surface area contributed by atoms with Gasteiger partial charge in [0.1, 0.15) is 23.0 Å². The van der Waals surface area contributed by atoms with E-state index in [-0.39, 0.29) is 41.9 Å². The van der Waals surface area contributed by atoms with Gasteiger partial charge in [-0.2, -0.15) is 0 Å². The number of ether oxygens (including phenoxy) is 3. The molecule has 1 heterocycles. The number of carbonyl (C=O) groups excluding carboxylic acids is 2. The molecule has 0 bridgehead atoms. The predicted molar refractivity (Wildman–Crippen MR) is 151 cm³/mol. The van der Waals surface area contributed by atoms with E-state index < -0.39 is 5.97 Å². The molecule has 37 heavy (non-hydrogen) atoms. The van der Waals surface area contributed by atoms with E-state index in [0.717, 1.165) is 17.3 Å². The summed E-state index contributed by atoms with van der Waals surface area (Å²) in [6.45, 7) is 3.81. The van der Waals surface area contributed by atoms with Crippen molar-refractivity contribution in [1.29, 1.82) is 0 Å². The van der Waals surface area contributed by atoms with Gasteiger partial charge in [-0.25, -0.2) is 9.79 Å². The van der Waals surface area contributed by atoms with Gasteiger partial charge in [0.2, 0.25) is 5.91 Å². The summed E-state index contributed by atoms with van der Waals surface area (Å²) in [4.78, 5) is 29.0. The van der Waals surface area contributed by atoms with Crippen molar-refractivity contribution in [1.82, 2.24) is 0 Å². The fraction of sp³-hybridized carbons (Fsp3) is 0.269. The van der Waals surface area contributed by atoms with Crippen LogP contribution < -0.4 is 9.47 Å². The van der Waals surface area contributed by atoms with Gasteiger partial charge in [0.25, 0.3) is 0 Å². The van der Waals surface area contributed by atoms with Crippen LogP contribution in [0.4, 0.5) is 0 Å². The number of carbonyl (C=O) groups is 2. The molecular weight excluding hydrogens is 605 g/mol. The molecule has 0 saturated carbocycles. The fourth-order valence-corrected chi connectivity index (χ4v) is 5.17. The van der Waals surface area contributed by atoms with Gasteiger partial charge in [-0.05, 0) is 49.2 Å². The lowest BCUT2D eigenvalue weighted by atomic mass is 10.1. The summed E-state index contributed by atoms with van der Waals surface area (Å²) in [7, 11) is 1.51. The first kappa shape index (κ1) is 29.1. The number of rotatable bonds is 9. The van der Waals surface area contributed by atoms with Crippen molar-refractivity contribution in [2.75, 3.05) is 13.7 Å². The molecule has 0 aromatic heterocycles. The van der Waals surface area contributed by atoms with E-state index in [1.165, 1.54) is 7.11 Å². The summed E-state index contributed by atoms with van der Waals surface area (Å²) in [5.74, 6) is -0.550. The van der Waals surface area contributed by atoms with Crippen LogP contribution in [0.1, 0.15) is 37.8 Å². The quantitative estimate of drug-likeness (QED) is 0.287. The second-order valence-electron chi connectivity index (χ2n) is 7.66. The maximum atomic E-state index is 12.5. The van der Waals surface area contributed by atoms with Crippen LogP contribution in [-0.4, -0.2) is 35.7 Å². The highest BCUT2D eigenvalue weighted by Crippen LogP contribution is 2.42. The van der Waals surface area contributed by atoms with Crippen molar-refractivity contribution in [3.8, 4) is 11.5 Å². The van der Waals surface area contributed by atoms with Crippen molar-refractivity contribution in [2.45, 2.75) is 33.3 Å². The van der Waals surface area contributed by atoms with E-state index in [9.17, 15) is 14.7 Å². The van der Waals surface area contributed by atoms with Crippen LogP contribution in [0.2, 0.25) is 10.0 Å². The average molecular weight is 629 g/mol. The number of esters is 1. The molecule has 2 aromatic carbocycles. The van der Waals surface area contributed by atoms with Crippen molar-refractivity contribution >= 4 is 73.9 Å². The zero-order valence-corrected chi connectivity index (χ0v) is 24.2. The largest absolute Gasteiger partial charge is 0.506 e. The summed E-state index contributed by atoms with van der Waals surface area (Å²) >= 11 is 16.7. The minimum atomic E-state index is -0.750. The Kier molecular flexibility index (Phi) is 10.5. The summed E-state index contributed by atoms with van der Waals surface area (Å²) in [5.41, 5.74) is 1.25. The molecule has 0 fully saturated rings. The number of halogens is 3. The predicted octanol–water partition coefficient (Wildman–Crippen LogP) is 7.53. The van der Waals surface area contributed by atoms with Crippen molar-refractivity contribution in [2.24, 2.45) is 4.99 Å². The summed E-state index contributed by atoms with van der Waals surface area (Å²) < 4.78 is 17.1. The van der Waals surface area contributed by atoms with E-state index in [4.69, 9.17) is 37.4 Å². The molecule has 0 unspecified atom stereocenters. The SMILES string of the molecule is CCCC(=O)N=C1S/C(=C\c2cc(OC)c(OCc3ccc(Cl)cc3Cl)cc2Br)C(O)=C1C(=O)OCC. The van der Waals surface area contributed by atoms with Crippen LogP contribution in [0.15, 0.2) is 56.0 Å². The maximum Gasteiger partial charge on any atom is 0.344 e. The van der Waals surface area contributed by atoms with Crippen LogP contribution in [0, 0.1) is 0 Å². The van der Waals surface area contributed by atoms with Gasteiger partial charge in [-0.15, -0.1) is 0 Å². The number of hydrogen-bond donors (Lipinski definition) is 1. The Morgan fingerprint density at radius 2 is 1.92 bits per heavy atom. The molecule has 1 aliphatic rings. The Morgan fingerprint density at radius 1 is 1.16 bits per heavy atom. The number of thioether (sulfide) groups is 1. The highest BCUT2D eigenvalue weighted by molar-refractivity contribution is 9.10. The first-order valence-corrected chi connectivity index (χ1v) is 13.6. The van der Waals surface area contributed by atoms with Gasteiger partial charge < -0.3 is 19.3 Å². The van der Waals surface area contributed by atoms with Gasteiger partial charge in [0.05, 0.1) is 18.6 Å². The lowest BCUT2D eigenvalue weighted by Crippen LogP contribution is -2.14. The van der Waals surface area contributed by atoms with Gasteiger partial charge in [-0.3, -0.25) is 4.79 Å². The number of amides is 1. The second-order valence-corrected chi connectivity index (χ2v) is 10.4. The number of nitrogens with zero attached hydrogens (tertiary/aromatic N) is 1. The van der Waals surface area contributed by atoms with E-state index in [0.29, 0.717) is 42.9 Å². The minimum absolute atomic E-state index is 0.100. The Morgan fingerprint density at radius 3 is 2.57 bits per heavy atom. The number of hydrogen-bond acceptors (Lipinski definition) is 7. The molecule has 11 heteroatoms. The van der Waals surface area contributed by atoms with E-state index in [1.807, 2.05) is 6.92 Å².